The Labute approximate surface area is 184 Å². The van der Waals surface area contributed by atoms with E-state index in [-0.39, 0.29) is 11.3 Å². The second-order valence-corrected chi connectivity index (χ2v) is 8.34. The number of halogens is 1. The zero-order valence-corrected chi connectivity index (χ0v) is 18.4. The molecule has 6 nitrogen and oxygen atoms in total. The molecule has 1 aliphatic heterocycles. The van der Waals surface area contributed by atoms with E-state index in [9.17, 15) is 4.79 Å². The molecule has 1 aliphatic rings. The average Bonchev–Trinajstić information content (AvgIpc) is 3.29. The van der Waals surface area contributed by atoms with Crippen molar-refractivity contribution in [3.05, 3.63) is 76.5 Å². The van der Waals surface area contributed by atoms with Crippen molar-refractivity contribution >= 4 is 21.8 Å². The molecule has 7 heteroatoms. The van der Waals surface area contributed by atoms with Crippen molar-refractivity contribution in [1.29, 1.82) is 0 Å². The van der Waals surface area contributed by atoms with Gasteiger partial charge in [-0.1, -0.05) is 28.1 Å². The van der Waals surface area contributed by atoms with E-state index in [4.69, 9.17) is 9.47 Å². The molecule has 0 radical (unpaired) electrons. The summed E-state index contributed by atoms with van der Waals surface area (Å²) < 4.78 is 13.5. The van der Waals surface area contributed by atoms with Crippen LogP contribution in [0.1, 0.15) is 28.9 Å². The Morgan fingerprint density at radius 3 is 2.67 bits per heavy atom. The normalized spacial score (nSPS) is 15.5. The van der Waals surface area contributed by atoms with E-state index in [2.05, 4.69) is 38.5 Å². The molecule has 1 fully saturated rings. The molecule has 156 valence electrons. The molecule has 1 aromatic heterocycles. The number of hydrogen-bond acceptors (Lipinski definition) is 4. The lowest BCUT2D eigenvalue weighted by atomic mass is 9.74. The number of aromatic nitrogens is 2. The standard InChI is InChI=1S/C23H24BrN3O3/c1-29-20-7-5-19(6-8-20)27-12-9-21(26-27)22(28)25-16-23(10-13-30-14-11-23)17-3-2-4-18(24)15-17/h2-9,12,15H,10-11,13-14,16H2,1H3,(H,25,28). The molecule has 0 saturated carbocycles. The van der Waals surface area contributed by atoms with Crippen molar-refractivity contribution in [1.82, 2.24) is 15.1 Å². The number of methoxy groups -OCH3 is 1. The number of nitrogens with one attached hydrogen (secondary N) is 1. The van der Waals surface area contributed by atoms with Crippen molar-refractivity contribution in [2.75, 3.05) is 26.9 Å². The van der Waals surface area contributed by atoms with Crippen molar-refractivity contribution in [2.45, 2.75) is 18.3 Å². The lowest BCUT2D eigenvalue weighted by Gasteiger charge is -2.38. The second kappa shape index (κ2) is 9.02. The number of rotatable bonds is 6. The minimum absolute atomic E-state index is 0.143. The lowest BCUT2D eigenvalue weighted by Crippen LogP contribution is -2.44. The van der Waals surface area contributed by atoms with Crippen LogP contribution >= 0.6 is 15.9 Å². The molecule has 3 aromatic rings. The summed E-state index contributed by atoms with van der Waals surface area (Å²) in [5, 5.41) is 7.55. The van der Waals surface area contributed by atoms with Crippen molar-refractivity contribution in [3.8, 4) is 11.4 Å². The molecule has 0 spiro atoms. The third-order valence-electron chi connectivity index (χ3n) is 5.63. The molecule has 1 amide bonds. The second-order valence-electron chi connectivity index (χ2n) is 7.43. The lowest BCUT2D eigenvalue weighted by molar-refractivity contribution is 0.0486. The Kier molecular flexibility index (Phi) is 6.20. The van der Waals surface area contributed by atoms with Crippen LogP contribution in [-0.4, -0.2) is 42.6 Å². The van der Waals surface area contributed by atoms with Gasteiger partial charge in [0.2, 0.25) is 0 Å². The van der Waals surface area contributed by atoms with Gasteiger partial charge in [-0.2, -0.15) is 5.10 Å². The number of carbonyl (C=O) groups excluding carboxylic acids is 1. The minimum atomic E-state index is -0.178. The Bertz CT molecular complexity index is 1010. The molecular formula is C23H24BrN3O3. The molecule has 4 rings (SSSR count). The van der Waals surface area contributed by atoms with Crippen LogP contribution in [0, 0.1) is 0 Å². The number of amides is 1. The first-order valence-electron chi connectivity index (χ1n) is 9.92. The van der Waals surface area contributed by atoms with Gasteiger partial charge in [-0.25, -0.2) is 4.68 Å². The fraction of sp³-hybridized carbons (Fsp3) is 0.304. The number of nitrogens with zero attached hydrogens (tertiary/aromatic N) is 2. The van der Waals surface area contributed by atoms with Gasteiger partial charge >= 0.3 is 0 Å². The molecule has 2 heterocycles. The largest absolute Gasteiger partial charge is 0.497 e. The van der Waals surface area contributed by atoms with Crippen molar-refractivity contribution < 1.29 is 14.3 Å². The van der Waals surface area contributed by atoms with Gasteiger partial charge in [-0.05, 0) is 60.9 Å². The van der Waals surface area contributed by atoms with Crippen LogP contribution in [0.5, 0.6) is 5.75 Å². The van der Waals surface area contributed by atoms with Gasteiger partial charge in [0.1, 0.15) is 5.75 Å². The highest BCUT2D eigenvalue weighted by Gasteiger charge is 2.35. The summed E-state index contributed by atoms with van der Waals surface area (Å²) in [4.78, 5) is 12.8. The summed E-state index contributed by atoms with van der Waals surface area (Å²) >= 11 is 3.56. The Morgan fingerprint density at radius 1 is 1.20 bits per heavy atom. The molecule has 0 unspecified atom stereocenters. The summed E-state index contributed by atoms with van der Waals surface area (Å²) in [6.45, 7) is 1.92. The van der Waals surface area contributed by atoms with Crippen LogP contribution in [0.3, 0.4) is 0 Å². The van der Waals surface area contributed by atoms with Gasteiger partial charge in [0, 0.05) is 35.8 Å². The SMILES string of the molecule is COc1ccc(-n2ccc(C(=O)NCC3(c4cccc(Br)c4)CCOCC3)n2)cc1. The molecule has 0 aliphatic carbocycles. The third-order valence-corrected chi connectivity index (χ3v) is 6.13. The first kappa shape index (κ1) is 20.6. The van der Waals surface area contributed by atoms with Crippen LogP contribution in [0.4, 0.5) is 0 Å². The van der Waals surface area contributed by atoms with E-state index >= 15 is 0 Å². The highest BCUT2D eigenvalue weighted by atomic mass is 79.9. The fourth-order valence-electron chi connectivity index (χ4n) is 3.81. The number of carbonyl (C=O) groups is 1. The first-order chi connectivity index (χ1) is 14.6. The first-order valence-corrected chi connectivity index (χ1v) is 10.7. The van der Waals surface area contributed by atoms with E-state index in [0.29, 0.717) is 25.5 Å². The Morgan fingerprint density at radius 2 is 1.97 bits per heavy atom. The van der Waals surface area contributed by atoms with E-state index in [1.54, 1.807) is 24.1 Å². The fourth-order valence-corrected chi connectivity index (χ4v) is 4.21. The summed E-state index contributed by atoms with van der Waals surface area (Å²) in [6, 6.07) is 17.6. The van der Waals surface area contributed by atoms with Gasteiger partial charge in [0.25, 0.3) is 5.91 Å². The van der Waals surface area contributed by atoms with Crippen LogP contribution in [0.2, 0.25) is 0 Å². The van der Waals surface area contributed by atoms with Crippen LogP contribution < -0.4 is 10.1 Å². The zero-order chi connectivity index (χ0) is 21.0. The summed E-state index contributed by atoms with van der Waals surface area (Å²) in [5.41, 5.74) is 2.33. The van der Waals surface area contributed by atoms with E-state index in [1.165, 1.54) is 5.56 Å². The number of hydrogen-bond donors (Lipinski definition) is 1. The smallest absolute Gasteiger partial charge is 0.271 e. The quantitative estimate of drug-likeness (QED) is 0.589. The monoisotopic (exact) mass is 469 g/mol. The van der Waals surface area contributed by atoms with Gasteiger partial charge in [0.15, 0.2) is 5.69 Å². The molecule has 0 atom stereocenters. The summed E-state index contributed by atoms with van der Waals surface area (Å²) in [7, 11) is 1.63. The Hall–Kier alpha value is -2.64. The van der Waals surface area contributed by atoms with Crippen LogP contribution in [0.15, 0.2) is 65.3 Å². The van der Waals surface area contributed by atoms with Gasteiger partial charge in [-0.3, -0.25) is 4.79 Å². The maximum absolute atomic E-state index is 12.8. The van der Waals surface area contributed by atoms with Crippen LogP contribution in [0.25, 0.3) is 5.69 Å². The minimum Gasteiger partial charge on any atom is -0.497 e. The van der Waals surface area contributed by atoms with E-state index < -0.39 is 0 Å². The summed E-state index contributed by atoms with van der Waals surface area (Å²) in [5.74, 6) is 0.598. The van der Waals surface area contributed by atoms with Crippen molar-refractivity contribution in [2.24, 2.45) is 0 Å². The average molecular weight is 470 g/mol. The summed E-state index contributed by atoms with van der Waals surface area (Å²) in [6.07, 6.45) is 3.52. The number of ether oxygens (including phenoxy) is 2. The van der Waals surface area contributed by atoms with Gasteiger partial charge < -0.3 is 14.8 Å². The van der Waals surface area contributed by atoms with Crippen LogP contribution in [-0.2, 0) is 10.2 Å². The predicted octanol–water partition coefficient (Wildman–Crippen LogP) is 4.12. The van der Waals surface area contributed by atoms with E-state index in [0.717, 1.165) is 28.8 Å². The molecular weight excluding hydrogens is 446 g/mol. The maximum atomic E-state index is 12.8. The zero-order valence-electron chi connectivity index (χ0n) is 16.8. The molecule has 1 N–H and O–H groups in total. The highest BCUT2D eigenvalue weighted by molar-refractivity contribution is 9.10. The molecule has 1 saturated heterocycles. The molecule has 0 bridgehead atoms. The Balaban J connectivity index is 1.48. The van der Waals surface area contributed by atoms with Gasteiger partial charge in [-0.15, -0.1) is 0 Å². The van der Waals surface area contributed by atoms with Crippen molar-refractivity contribution in [3.63, 3.8) is 0 Å². The predicted molar refractivity (Wildman–Crippen MR) is 118 cm³/mol. The maximum Gasteiger partial charge on any atom is 0.271 e. The topological polar surface area (TPSA) is 65.4 Å². The van der Waals surface area contributed by atoms with E-state index in [1.807, 2.05) is 36.4 Å². The molecule has 30 heavy (non-hydrogen) atoms. The van der Waals surface area contributed by atoms with Gasteiger partial charge in [0.05, 0.1) is 12.8 Å². The number of benzene rings is 2. The highest BCUT2D eigenvalue weighted by Crippen LogP contribution is 2.35. The molecule has 2 aromatic carbocycles. The third kappa shape index (κ3) is 4.42.